The summed E-state index contributed by atoms with van der Waals surface area (Å²) in [5.41, 5.74) is 2.32. The first-order chi connectivity index (χ1) is 10.9. The lowest BCUT2D eigenvalue weighted by molar-refractivity contribution is -0.00330. The van der Waals surface area contributed by atoms with E-state index in [2.05, 4.69) is 12.1 Å². The molecule has 3 nitrogen and oxygen atoms in total. The maximum absolute atomic E-state index is 9.15. The van der Waals surface area contributed by atoms with Gasteiger partial charge in [-0.15, -0.1) is 0 Å². The van der Waals surface area contributed by atoms with Crippen LogP contribution in [-0.2, 0) is 22.7 Å². The second-order valence-electron chi connectivity index (χ2n) is 5.26. The van der Waals surface area contributed by atoms with Crippen molar-refractivity contribution in [2.24, 2.45) is 0 Å². The molecule has 0 radical (unpaired) electrons. The molecule has 0 aliphatic carbocycles. The van der Waals surface area contributed by atoms with Crippen LogP contribution in [0.15, 0.2) is 60.7 Å². The Bertz CT molecular complexity index is 499. The first-order valence-electron chi connectivity index (χ1n) is 7.76. The Morgan fingerprint density at radius 3 is 1.95 bits per heavy atom. The Morgan fingerprint density at radius 1 is 0.773 bits per heavy atom. The monoisotopic (exact) mass is 300 g/mol. The molecule has 0 heterocycles. The standard InChI is InChI=1S/C19H24O3/c20-13-11-19(22-16-18-9-5-2-6-10-18)12-14-21-15-17-7-3-1-4-8-17/h1-10,19-20H,11-16H2/t19-/m1/s1. The van der Waals surface area contributed by atoms with Crippen molar-refractivity contribution in [1.82, 2.24) is 0 Å². The van der Waals surface area contributed by atoms with Gasteiger partial charge in [-0.1, -0.05) is 60.7 Å². The third-order valence-corrected chi connectivity index (χ3v) is 3.48. The van der Waals surface area contributed by atoms with Gasteiger partial charge in [0.25, 0.3) is 0 Å². The second kappa shape index (κ2) is 10.1. The van der Waals surface area contributed by atoms with Gasteiger partial charge in [0.2, 0.25) is 0 Å². The van der Waals surface area contributed by atoms with Gasteiger partial charge in [-0.05, 0) is 24.0 Å². The number of aliphatic hydroxyl groups excluding tert-OH is 1. The number of ether oxygens (including phenoxy) is 2. The molecule has 2 aromatic carbocycles. The van der Waals surface area contributed by atoms with Crippen molar-refractivity contribution >= 4 is 0 Å². The molecule has 3 heteroatoms. The van der Waals surface area contributed by atoms with Crippen LogP contribution < -0.4 is 0 Å². The van der Waals surface area contributed by atoms with E-state index in [1.807, 2.05) is 48.5 Å². The third kappa shape index (κ3) is 6.39. The Balaban J connectivity index is 1.67. The number of hydrogen-bond acceptors (Lipinski definition) is 3. The van der Waals surface area contributed by atoms with Gasteiger partial charge in [-0.3, -0.25) is 0 Å². The smallest absolute Gasteiger partial charge is 0.0720 e. The highest BCUT2D eigenvalue weighted by molar-refractivity contribution is 5.14. The predicted octanol–water partition coefficient (Wildman–Crippen LogP) is 3.56. The minimum absolute atomic E-state index is 0.0287. The zero-order chi connectivity index (χ0) is 15.5. The fourth-order valence-electron chi connectivity index (χ4n) is 2.22. The predicted molar refractivity (Wildman–Crippen MR) is 87.4 cm³/mol. The van der Waals surface area contributed by atoms with Crippen molar-refractivity contribution < 1.29 is 14.6 Å². The van der Waals surface area contributed by atoms with Crippen molar-refractivity contribution in [1.29, 1.82) is 0 Å². The molecule has 22 heavy (non-hydrogen) atoms. The molecule has 0 bridgehead atoms. The Labute approximate surface area is 132 Å². The van der Waals surface area contributed by atoms with Gasteiger partial charge in [-0.25, -0.2) is 0 Å². The van der Waals surface area contributed by atoms with Gasteiger partial charge >= 0.3 is 0 Å². The van der Waals surface area contributed by atoms with E-state index in [4.69, 9.17) is 14.6 Å². The summed E-state index contributed by atoms with van der Waals surface area (Å²) in [6.45, 7) is 1.96. The average molecular weight is 300 g/mol. The van der Waals surface area contributed by atoms with E-state index in [-0.39, 0.29) is 12.7 Å². The summed E-state index contributed by atoms with van der Waals surface area (Å²) in [5, 5.41) is 9.15. The first kappa shape index (κ1) is 16.7. The van der Waals surface area contributed by atoms with Crippen molar-refractivity contribution in [2.75, 3.05) is 13.2 Å². The summed E-state index contributed by atoms with van der Waals surface area (Å²) >= 11 is 0. The molecule has 0 saturated carbocycles. The summed E-state index contributed by atoms with van der Waals surface area (Å²) < 4.78 is 11.6. The molecular formula is C19H24O3. The van der Waals surface area contributed by atoms with Crippen LogP contribution in [0.1, 0.15) is 24.0 Å². The molecule has 1 atom stereocenters. The quantitative estimate of drug-likeness (QED) is 0.682. The maximum Gasteiger partial charge on any atom is 0.0720 e. The molecule has 0 unspecified atom stereocenters. The van der Waals surface area contributed by atoms with Crippen LogP contribution in [0.3, 0.4) is 0 Å². The van der Waals surface area contributed by atoms with Gasteiger partial charge in [-0.2, -0.15) is 0 Å². The molecule has 2 rings (SSSR count). The Hall–Kier alpha value is -1.68. The van der Waals surface area contributed by atoms with Crippen LogP contribution >= 0.6 is 0 Å². The third-order valence-electron chi connectivity index (χ3n) is 3.48. The molecule has 0 spiro atoms. The van der Waals surface area contributed by atoms with E-state index in [1.165, 1.54) is 5.56 Å². The van der Waals surface area contributed by atoms with E-state index in [0.29, 0.717) is 26.2 Å². The number of benzene rings is 2. The van der Waals surface area contributed by atoms with Crippen LogP contribution in [0.5, 0.6) is 0 Å². The molecule has 0 aromatic heterocycles. The molecule has 0 aliphatic heterocycles. The highest BCUT2D eigenvalue weighted by Gasteiger charge is 2.09. The average Bonchev–Trinajstić information content (AvgIpc) is 2.58. The van der Waals surface area contributed by atoms with Crippen LogP contribution in [0, 0.1) is 0 Å². The lowest BCUT2D eigenvalue weighted by Crippen LogP contribution is -2.17. The van der Waals surface area contributed by atoms with Crippen molar-refractivity contribution in [2.45, 2.75) is 32.2 Å². The Kier molecular flexibility index (Phi) is 7.67. The molecule has 2 aromatic rings. The van der Waals surface area contributed by atoms with E-state index in [1.54, 1.807) is 0 Å². The highest BCUT2D eigenvalue weighted by atomic mass is 16.5. The molecule has 1 N–H and O–H groups in total. The van der Waals surface area contributed by atoms with Crippen LogP contribution in [0.25, 0.3) is 0 Å². The largest absolute Gasteiger partial charge is 0.396 e. The minimum atomic E-state index is 0.0287. The molecule has 118 valence electrons. The zero-order valence-corrected chi connectivity index (χ0v) is 12.9. The Morgan fingerprint density at radius 2 is 1.36 bits per heavy atom. The molecule has 0 saturated heterocycles. The van der Waals surface area contributed by atoms with E-state index in [9.17, 15) is 0 Å². The van der Waals surface area contributed by atoms with E-state index < -0.39 is 0 Å². The second-order valence-corrected chi connectivity index (χ2v) is 5.26. The van der Waals surface area contributed by atoms with Gasteiger partial charge in [0.1, 0.15) is 0 Å². The number of rotatable bonds is 10. The van der Waals surface area contributed by atoms with Crippen molar-refractivity contribution in [3.63, 3.8) is 0 Å². The number of aliphatic hydroxyl groups is 1. The normalized spacial score (nSPS) is 12.2. The van der Waals surface area contributed by atoms with Gasteiger partial charge in [0.05, 0.1) is 19.3 Å². The maximum atomic E-state index is 9.15. The van der Waals surface area contributed by atoms with Crippen LogP contribution in [0.2, 0.25) is 0 Å². The lowest BCUT2D eigenvalue weighted by Gasteiger charge is -2.17. The lowest BCUT2D eigenvalue weighted by atomic mass is 10.2. The zero-order valence-electron chi connectivity index (χ0n) is 12.9. The molecule has 0 amide bonds. The SMILES string of the molecule is OCC[C@H](CCOCc1ccccc1)OCc1ccccc1. The van der Waals surface area contributed by atoms with Gasteiger partial charge in [0, 0.05) is 13.2 Å². The van der Waals surface area contributed by atoms with Gasteiger partial charge in [0.15, 0.2) is 0 Å². The van der Waals surface area contributed by atoms with Gasteiger partial charge < -0.3 is 14.6 Å². The summed E-state index contributed by atoms with van der Waals surface area (Å²) in [6, 6.07) is 20.2. The summed E-state index contributed by atoms with van der Waals surface area (Å²) in [5.74, 6) is 0. The highest BCUT2D eigenvalue weighted by Crippen LogP contribution is 2.10. The fraction of sp³-hybridized carbons (Fsp3) is 0.368. The van der Waals surface area contributed by atoms with Crippen LogP contribution in [0.4, 0.5) is 0 Å². The van der Waals surface area contributed by atoms with E-state index >= 15 is 0 Å². The minimum Gasteiger partial charge on any atom is -0.396 e. The van der Waals surface area contributed by atoms with Crippen molar-refractivity contribution in [3.05, 3.63) is 71.8 Å². The summed E-state index contributed by atoms with van der Waals surface area (Å²) in [7, 11) is 0. The first-order valence-corrected chi connectivity index (χ1v) is 7.76. The summed E-state index contributed by atoms with van der Waals surface area (Å²) in [4.78, 5) is 0. The molecule has 0 fully saturated rings. The molecular weight excluding hydrogens is 276 g/mol. The number of hydrogen-bond donors (Lipinski definition) is 1. The molecule has 0 aliphatic rings. The topological polar surface area (TPSA) is 38.7 Å². The van der Waals surface area contributed by atoms with E-state index in [0.717, 1.165) is 12.0 Å². The summed E-state index contributed by atoms with van der Waals surface area (Å²) in [6.07, 6.45) is 1.46. The van der Waals surface area contributed by atoms with Crippen LogP contribution in [-0.4, -0.2) is 24.4 Å². The van der Waals surface area contributed by atoms with Crippen molar-refractivity contribution in [3.8, 4) is 0 Å². The fourth-order valence-corrected chi connectivity index (χ4v) is 2.22.